The Morgan fingerprint density at radius 1 is 1.14 bits per heavy atom. The van der Waals surface area contributed by atoms with Crippen LogP contribution in [0.25, 0.3) is 6.08 Å². The van der Waals surface area contributed by atoms with E-state index in [-0.39, 0.29) is 5.69 Å². The molecule has 0 saturated carbocycles. The molecule has 1 atom stereocenters. The first kappa shape index (κ1) is 15.0. The molecule has 2 aromatic rings. The number of nitro groups is 1. The van der Waals surface area contributed by atoms with Gasteiger partial charge in [-0.1, -0.05) is 48.7 Å². The smallest absolute Gasteiger partial charge is 0.269 e. The fourth-order valence-corrected chi connectivity index (χ4v) is 2.90. The summed E-state index contributed by atoms with van der Waals surface area (Å²) in [5, 5.41) is 10.6. The van der Waals surface area contributed by atoms with Gasteiger partial charge in [-0.3, -0.25) is 10.1 Å². The van der Waals surface area contributed by atoms with Crippen LogP contribution < -0.4 is 4.74 Å². The van der Waals surface area contributed by atoms with Crippen LogP contribution in [0.5, 0.6) is 5.75 Å². The van der Waals surface area contributed by atoms with Gasteiger partial charge in [0, 0.05) is 12.1 Å². The molecule has 0 fully saturated rings. The lowest BCUT2D eigenvalue weighted by Crippen LogP contribution is -2.16. The number of ether oxygens (including phenoxy) is 1. The van der Waals surface area contributed by atoms with Crippen LogP contribution in [-0.2, 0) is 0 Å². The van der Waals surface area contributed by atoms with Crippen molar-refractivity contribution in [3.63, 3.8) is 0 Å². The van der Waals surface area contributed by atoms with Crippen LogP contribution in [0, 0.1) is 10.1 Å². The second-order valence-electron chi connectivity index (χ2n) is 4.81. The van der Waals surface area contributed by atoms with Crippen molar-refractivity contribution in [2.75, 3.05) is 6.23 Å². The summed E-state index contributed by atoms with van der Waals surface area (Å²) >= 11 is 0. The van der Waals surface area contributed by atoms with Gasteiger partial charge in [-0.2, -0.15) is 0 Å². The number of rotatable bonds is 6. The highest BCUT2D eigenvalue weighted by Crippen LogP contribution is 2.17. The van der Waals surface area contributed by atoms with Crippen LogP contribution >= 0.6 is 0 Å². The number of nitro benzene ring substituents is 1. The highest BCUT2D eigenvalue weighted by molar-refractivity contribution is 6.63. The molecule has 2 aromatic carbocycles. The molecule has 0 aliphatic carbocycles. The van der Waals surface area contributed by atoms with Crippen molar-refractivity contribution < 1.29 is 9.66 Å². The molecule has 0 N–H and O–H groups in total. The van der Waals surface area contributed by atoms with Gasteiger partial charge < -0.3 is 4.74 Å². The predicted octanol–water partition coefficient (Wildman–Crippen LogP) is 3.62. The zero-order chi connectivity index (χ0) is 15.1. The molecule has 0 aromatic heterocycles. The molecule has 0 bridgehead atoms. The summed E-state index contributed by atoms with van der Waals surface area (Å²) in [6, 6.07) is 16.3. The Hall–Kier alpha value is -2.40. The topological polar surface area (TPSA) is 52.4 Å². The minimum absolute atomic E-state index is 0.0802. The van der Waals surface area contributed by atoms with Crippen molar-refractivity contribution in [3.05, 3.63) is 76.0 Å². The van der Waals surface area contributed by atoms with E-state index in [0.29, 0.717) is 12.0 Å². The SMILES string of the molecule is C[SiH](C=Cc1ccccc1)COc1ccc([N+](=O)[O-])cc1. The number of hydrogen-bond acceptors (Lipinski definition) is 3. The second kappa shape index (κ2) is 7.40. The maximum atomic E-state index is 10.6. The third-order valence-corrected chi connectivity index (χ3v) is 4.52. The van der Waals surface area contributed by atoms with Gasteiger partial charge in [-0.25, -0.2) is 0 Å². The van der Waals surface area contributed by atoms with Crippen LogP contribution in [-0.4, -0.2) is 20.0 Å². The van der Waals surface area contributed by atoms with Crippen LogP contribution in [0.1, 0.15) is 5.56 Å². The molecule has 0 radical (unpaired) electrons. The molecule has 4 nitrogen and oxygen atoms in total. The quantitative estimate of drug-likeness (QED) is 0.465. The van der Waals surface area contributed by atoms with E-state index in [1.54, 1.807) is 12.1 Å². The summed E-state index contributed by atoms with van der Waals surface area (Å²) in [5.74, 6) is 0.674. The van der Waals surface area contributed by atoms with E-state index in [1.165, 1.54) is 17.7 Å². The van der Waals surface area contributed by atoms with Crippen molar-refractivity contribution in [2.45, 2.75) is 6.55 Å². The number of benzene rings is 2. The minimum Gasteiger partial charge on any atom is -0.497 e. The zero-order valence-electron chi connectivity index (χ0n) is 11.8. The Labute approximate surface area is 125 Å². The van der Waals surface area contributed by atoms with Crippen LogP contribution in [0.15, 0.2) is 60.3 Å². The molecule has 5 heteroatoms. The summed E-state index contributed by atoms with van der Waals surface area (Å²) in [6.45, 7) is 2.20. The highest BCUT2D eigenvalue weighted by atomic mass is 28.3. The largest absolute Gasteiger partial charge is 0.497 e. The van der Waals surface area contributed by atoms with Crippen molar-refractivity contribution >= 4 is 20.6 Å². The average Bonchev–Trinajstić information content (AvgIpc) is 2.52. The third-order valence-electron chi connectivity index (χ3n) is 2.98. The second-order valence-corrected chi connectivity index (χ2v) is 7.48. The van der Waals surface area contributed by atoms with Gasteiger partial charge >= 0.3 is 0 Å². The Morgan fingerprint density at radius 2 is 1.81 bits per heavy atom. The first-order chi connectivity index (χ1) is 10.1. The van der Waals surface area contributed by atoms with Crippen molar-refractivity contribution in [1.29, 1.82) is 0 Å². The molecule has 0 heterocycles. The summed E-state index contributed by atoms with van der Waals surface area (Å²) in [5.41, 5.74) is 3.49. The fraction of sp³-hybridized carbons (Fsp3) is 0.125. The highest BCUT2D eigenvalue weighted by Gasteiger charge is 2.05. The molecule has 0 aliphatic rings. The maximum Gasteiger partial charge on any atom is 0.269 e. The Balaban J connectivity index is 1.85. The van der Waals surface area contributed by atoms with Gasteiger partial charge in [0.15, 0.2) is 0 Å². The lowest BCUT2D eigenvalue weighted by atomic mass is 10.2. The Morgan fingerprint density at radius 3 is 2.43 bits per heavy atom. The van der Waals surface area contributed by atoms with Gasteiger partial charge in [0.2, 0.25) is 0 Å². The van der Waals surface area contributed by atoms with Gasteiger partial charge in [-0.05, 0) is 17.7 Å². The van der Waals surface area contributed by atoms with E-state index in [0.717, 1.165) is 0 Å². The molecule has 0 saturated heterocycles. The van der Waals surface area contributed by atoms with E-state index in [9.17, 15) is 10.1 Å². The zero-order valence-corrected chi connectivity index (χ0v) is 13.0. The van der Waals surface area contributed by atoms with Gasteiger partial charge in [-0.15, -0.1) is 0 Å². The van der Waals surface area contributed by atoms with Crippen LogP contribution in [0.4, 0.5) is 5.69 Å². The van der Waals surface area contributed by atoms with Gasteiger partial charge in [0.25, 0.3) is 5.69 Å². The Bertz CT molecular complexity index is 611. The normalized spacial score (nSPS) is 12.2. The molecule has 0 spiro atoms. The molecule has 0 amide bonds. The van der Waals surface area contributed by atoms with Gasteiger partial charge in [0.1, 0.15) is 14.5 Å². The van der Waals surface area contributed by atoms with Crippen molar-refractivity contribution in [2.24, 2.45) is 0 Å². The van der Waals surface area contributed by atoms with Crippen molar-refractivity contribution in [3.8, 4) is 5.75 Å². The van der Waals surface area contributed by atoms with E-state index >= 15 is 0 Å². The minimum atomic E-state index is -1.11. The molecule has 0 aliphatic heterocycles. The summed E-state index contributed by atoms with van der Waals surface area (Å²) in [6.07, 6.45) is 2.79. The van der Waals surface area contributed by atoms with E-state index < -0.39 is 13.7 Å². The number of hydrogen-bond donors (Lipinski definition) is 0. The number of nitrogens with zero attached hydrogens (tertiary/aromatic N) is 1. The maximum absolute atomic E-state index is 10.6. The van der Waals surface area contributed by atoms with Gasteiger partial charge in [0.05, 0.1) is 11.2 Å². The summed E-state index contributed by atoms with van der Waals surface area (Å²) < 4.78 is 5.68. The molecule has 2 rings (SSSR count). The average molecular weight is 299 g/mol. The molecule has 21 heavy (non-hydrogen) atoms. The predicted molar refractivity (Wildman–Crippen MR) is 87.1 cm³/mol. The third kappa shape index (κ3) is 4.89. The molecular formula is C16H17NO3Si. The van der Waals surface area contributed by atoms with E-state index in [4.69, 9.17) is 4.74 Å². The van der Waals surface area contributed by atoms with E-state index in [2.05, 4.69) is 30.5 Å². The standard InChI is InChI=1S/C16H17NO3Si/c1-21(12-11-14-5-3-2-4-6-14)13-20-16-9-7-15(8-10-16)17(18)19/h2-12,21H,13H2,1H3. The molecule has 1 unspecified atom stereocenters. The summed E-state index contributed by atoms with van der Waals surface area (Å²) in [4.78, 5) is 10.1. The van der Waals surface area contributed by atoms with Crippen LogP contribution in [0.3, 0.4) is 0 Å². The number of non-ortho nitro benzene ring substituents is 1. The lowest BCUT2D eigenvalue weighted by Gasteiger charge is -2.08. The van der Waals surface area contributed by atoms with Crippen molar-refractivity contribution in [1.82, 2.24) is 0 Å². The Kier molecular flexibility index (Phi) is 5.28. The van der Waals surface area contributed by atoms with E-state index in [1.807, 2.05) is 18.2 Å². The lowest BCUT2D eigenvalue weighted by molar-refractivity contribution is -0.384. The summed E-state index contributed by atoms with van der Waals surface area (Å²) in [7, 11) is -1.11. The van der Waals surface area contributed by atoms with Crippen LogP contribution in [0.2, 0.25) is 6.55 Å². The molecular weight excluding hydrogens is 282 g/mol. The molecule has 108 valence electrons. The monoisotopic (exact) mass is 299 g/mol. The fourth-order valence-electron chi connectivity index (χ4n) is 1.79. The first-order valence-electron chi connectivity index (χ1n) is 6.75. The first-order valence-corrected chi connectivity index (χ1v) is 9.39.